The second-order valence-electron chi connectivity index (χ2n) is 6.21. The number of anilines is 1. The molecule has 6 nitrogen and oxygen atoms in total. The van der Waals surface area contributed by atoms with Gasteiger partial charge in [0.25, 0.3) is 0 Å². The summed E-state index contributed by atoms with van der Waals surface area (Å²) in [6, 6.07) is 1.69. The first-order valence-electron chi connectivity index (χ1n) is 8.00. The summed E-state index contributed by atoms with van der Waals surface area (Å²) >= 11 is 9.30. The Hall–Kier alpha value is -1.93. The van der Waals surface area contributed by atoms with Gasteiger partial charge in [-0.05, 0) is 47.3 Å². The first-order chi connectivity index (χ1) is 12.3. The topological polar surface area (TPSA) is 82.5 Å². The monoisotopic (exact) mass is 443 g/mol. The molecule has 2 N–H and O–H groups in total. The molecular weight excluding hydrogens is 429 g/mol. The van der Waals surface area contributed by atoms with Crippen molar-refractivity contribution in [2.75, 3.05) is 18.4 Å². The van der Waals surface area contributed by atoms with E-state index in [1.807, 2.05) is 0 Å². The summed E-state index contributed by atoms with van der Waals surface area (Å²) in [7, 11) is 0. The molecule has 0 aliphatic carbocycles. The minimum absolute atomic E-state index is 0.0574. The van der Waals surface area contributed by atoms with Crippen LogP contribution in [-0.2, 0) is 0 Å². The zero-order chi connectivity index (χ0) is 19.0. The van der Waals surface area contributed by atoms with Crippen molar-refractivity contribution < 1.29 is 19.1 Å². The Morgan fingerprint density at radius 2 is 2.15 bits per heavy atom. The number of fused-ring (bicyclic) bond motifs is 1. The van der Waals surface area contributed by atoms with E-state index >= 15 is 0 Å². The molecule has 0 unspecified atom stereocenters. The molecule has 1 aliphatic heterocycles. The molecule has 0 spiro atoms. The van der Waals surface area contributed by atoms with Gasteiger partial charge in [0.05, 0.1) is 15.7 Å². The number of benzene rings is 1. The fourth-order valence-corrected chi connectivity index (χ4v) is 3.66. The number of aldehydes is 1. The summed E-state index contributed by atoms with van der Waals surface area (Å²) in [6.45, 7) is 2.52. The zero-order valence-electron chi connectivity index (χ0n) is 13.9. The molecule has 1 aliphatic rings. The van der Waals surface area contributed by atoms with Gasteiger partial charge in [-0.3, -0.25) is 4.79 Å². The number of carbonyl (C=O) groups is 2. The van der Waals surface area contributed by atoms with Gasteiger partial charge >= 0.3 is 6.09 Å². The van der Waals surface area contributed by atoms with Gasteiger partial charge < -0.3 is 15.3 Å². The SMILES string of the molecule is Cc1cc2c(NC3CCN(C(=O)O)CC3)c(C=O)c(Cl)nc2c(F)c1Br. The molecular formula is C17H16BrClFN3O3. The Bertz CT molecular complexity index is 901. The number of likely N-dealkylation sites (tertiary alicyclic amines) is 1. The van der Waals surface area contributed by atoms with Crippen LogP contribution in [0.15, 0.2) is 10.5 Å². The van der Waals surface area contributed by atoms with E-state index in [4.69, 9.17) is 16.7 Å². The van der Waals surface area contributed by atoms with Crippen LogP contribution >= 0.6 is 27.5 Å². The minimum atomic E-state index is -0.947. The molecule has 9 heteroatoms. The van der Waals surface area contributed by atoms with E-state index in [1.165, 1.54) is 4.90 Å². The van der Waals surface area contributed by atoms with Crippen LogP contribution in [0.2, 0.25) is 5.15 Å². The number of halogens is 3. The Labute approximate surface area is 162 Å². The molecule has 0 radical (unpaired) electrons. The highest BCUT2D eigenvalue weighted by Crippen LogP contribution is 2.36. The highest BCUT2D eigenvalue weighted by molar-refractivity contribution is 9.10. The van der Waals surface area contributed by atoms with Crippen molar-refractivity contribution in [1.29, 1.82) is 0 Å². The number of carbonyl (C=O) groups excluding carboxylic acids is 1. The maximum atomic E-state index is 14.6. The summed E-state index contributed by atoms with van der Waals surface area (Å²) in [4.78, 5) is 28.0. The molecule has 0 bridgehead atoms. The number of piperidine rings is 1. The Morgan fingerprint density at radius 1 is 1.50 bits per heavy atom. The van der Waals surface area contributed by atoms with Crippen molar-refractivity contribution in [3.63, 3.8) is 0 Å². The lowest BCUT2D eigenvalue weighted by molar-refractivity contribution is 0.112. The van der Waals surface area contributed by atoms with Crippen molar-refractivity contribution in [3.05, 3.63) is 32.6 Å². The number of aryl methyl sites for hydroxylation is 1. The summed E-state index contributed by atoms with van der Waals surface area (Å²) in [6.07, 6.45) is 0.796. The van der Waals surface area contributed by atoms with Crippen LogP contribution in [0.25, 0.3) is 10.9 Å². The molecule has 2 aromatic rings. The summed E-state index contributed by atoms with van der Waals surface area (Å²) in [5.41, 5.74) is 1.34. The number of hydrogen-bond donors (Lipinski definition) is 2. The third-order valence-corrected chi connectivity index (χ3v) is 5.83. The molecule has 1 saturated heterocycles. The van der Waals surface area contributed by atoms with E-state index in [1.54, 1.807) is 13.0 Å². The number of aromatic nitrogens is 1. The predicted molar refractivity (Wildman–Crippen MR) is 101 cm³/mol. The maximum Gasteiger partial charge on any atom is 0.407 e. The minimum Gasteiger partial charge on any atom is -0.465 e. The first kappa shape index (κ1) is 18.8. The van der Waals surface area contributed by atoms with Crippen molar-refractivity contribution in [3.8, 4) is 0 Å². The number of nitrogens with one attached hydrogen (secondary N) is 1. The van der Waals surface area contributed by atoms with E-state index in [0.717, 1.165) is 0 Å². The third-order valence-electron chi connectivity index (χ3n) is 4.57. The highest BCUT2D eigenvalue weighted by Gasteiger charge is 2.25. The fraction of sp³-hybridized carbons (Fsp3) is 0.353. The molecule has 3 rings (SSSR count). The number of nitrogens with zero attached hydrogens (tertiary/aromatic N) is 2. The first-order valence-corrected chi connectivity index (χ1v) is 9.18. The van der Waals surface area contributed by atoms with Crippen molar-refractivity contribution in [2.45, 2.75) is 25.8 Å². The van der Waals surface area contributed by atoms with Gasteiger partial charge in [0.15, 0.2) is 12.1 Å². The van der Waals surface area contributed by atoms with Crippen LogP contribution in [-0.4, -0.2) is 46.5 Å². The number of carboxylic acid groups (broad SMARTS) is 1. The Balaban J connectivity index is 2.04. The lowest BCUT2D eigenvalue weighted by Gasteiger charge is -2.31. The van der Waals surface area contributed by atoms with Gasteiger partial charge in [-0.15, -0.1) is 0 Å². The van der Waals surface area contributed by atoms with Crippen molar-refractivity contribution in [2.24, 2.45) is 0 Å². The smallest absolute Gasteiger partial charge is 0.407 e. The average Bonchev–Trinajstić information content (AvgIpc) is 2.61. The standard InChI is InChI=1S/C17H16BrClFN3O3/c1-8-6-10-14(21-9-2-4-23(5-3-9)17(25)26)11(7-24)16(19)22-15(10)13(20)12(8)18/h6-7,9H,2-5H2,1H3,(H,21,22)(H,25,26). The van der Waals surface area contributed by atoms with Gasteiger partial charge in [-0.1, -0.05) is 11.6 Å². The van der Waals surface area contributed by atoms with Crippen LogP contribution in [0.5, 0.6) is 0 Å². The van der Waals surface area contributed by atoms with E-state index in [-0.39, 0.29) is 22.3 Å². The second-order valence-corrected chi connectivity index (χ2v) is 7.37. The van der Waals surface area contributed by atoms with Gasteiger partial charge in [0, 0.05) is 24.5 Å². The van der Waals surface area contributed by atoms with Crippen LogP contribution in [0.3, 0.4) is 0 Å². The van der Waals surface area contributed by atoms with Crippen LogP contribution < -0.4 is 5.32 Å². The summed E-state index contributed by atoms with van der Waals surface area (Å²) in [5, 5.41) is 12.7. The quantitative estimate of drug-likeness (QED) is 0.539. The highest BCUT2D eigenvalue weighted by atomic mass is 79.9. The number of amides is 1. The van der Waals surface area contributed by atoms with Crippen molar-refractivity contribution >= 4 is 56.5 Å². The Morgan fingerprint density at radius 3 is 2.73 bits per heavy atom. The number of rotatable bonds is 3. The molecule has 1 fully saturated rings. The zero-order valence-corrected chi connectivity index (χ0v) is 16.2. The number of pyridine rings is 1. The van der Waals surface area contributed by atoms with E-state index < -0.39 is 11.9 Å². The molecule has 138 valence electrons. The van der Waals surface area contributed by atoms with Gasteiger partial charge in [0.1, 0.15) is 10.7 Å². The van der Waals surface area contributed by atoms with Crippen LogP contribution in [0.4, 0.5) is 14.9 Å². The van der Waals surface area contributed by atoms with E-state index in [2.05, 4.69) is 26.2 Å². The molecule has 1 aromatic heterocycles. The lowest BCUT2D eigenvalue weighted by atomic mass is 10.0. The van der Waals surface area contributed by atoms with Crippen molar-refractivity contribution in [1.82, 2.24) is 9.88 Å². The molecule has 26 heavy (non-hydrogen) atoms. The maximum absolute atomic E-state index is 14.6. The molecule has 1 amide bonds. The lowest BCUT2D eigenvalue weighted by Crippen LogP contribution is -2.41. The predicted octanol–water partition coefficient (Wildman–Crippen LogP) is 4.47. The molecule has 1 aromatic carbocycles. The van der Waals surface area contributed by atoms with Gasteiger partial charge in [-0.25, -0.2) is 14.2 Å². The largest absolute Gasteiger partial charge is 0.465 e. The van der Waals surface area contributed by atoms with Crippen LogP contribution in [0, 0.1) is 12.7 Å². The van der Waals surface area contributed by atoms with E-state index in [9.17, 15) is 14.0 Å². The van der Waals surface area contributed by atoms with E-state index in [0.29, 0.717) is 53.3 Å². The Kier molecular flexibility index (Phi) is 5.34. The van der Waals surface area contributed by atoms with Crippen LogP contribution in [0.1, 0.15) is 28.8 Å². The second kappa shape index (κ2) is 7.36. The number of hydrogen-bond acceptors (Lipinski definition) is 4. The summed E-state index contributed by atoms with van der Waals surface area (Å²) < 4.78 is 14.9. The fourth-order valence-electron chi connectivity index (χ4n) is 3.13. The van der Waals surface area contributed by atoms with Gasteiger partial charge in [0.2, 0.25) is 0 Å². The normalized spacial score (nSPS) is 15.3. The summed E-state index contributed by atoms with van der Waals surface area (Å²) in [5.74, 6) is -0.539. The molecule has 2 heterocycles. The van der Waals surface area contributed by atoms with Gasteiger partial charge in [-0.2, -0.15) is 0 Å². The third kappa shape index (κ3) is 3.35. The molecule has 0 saturated carbocycles. The average molecular weight is 445 g/mol. The molecule has 0 atom stereocenters.